The van der Waals surface area contributed by atoms with Gasteiger partial charge in [-0.25, -0.2) is 8.42 Å². The molecule has 0 aliphatic rings. The molecular weight excluding hydrogens is 210 g/mol. The van der Waals surface area contributed by atoms with Crippen LogP contribution in [-0.2, 0) is 16.3 Å². The van der Waals surface area contributed by atoms with E-state index in [1.165, 1.54) is 5.56 Å². The Morgan fingerprint density at radius 3 is 2.33 bits per heavy atom. The lowest BCUT2D eigenvalue weighted by Gasteiger charge is -2.02. The lowest BCUT2D eigenvalue weighted by Crippen LogP contribution is -2.18. The fourth-order valence-electron chi connectivity index (χ4n) is 1.42. The average Bonchev–Trinajstić information content (AvgIpc) is 2.19. The van der Waals surface area contributed by atoms with Crippen molar-refractivity contribution in [1.82, 2.24) is 0 Å². The first kappa shape index (κ1) is 12.2. The van der Waals surface area contributed by atoms with Crippen LogP contribution in [0.5, 0.6) is 0 Å². The van der Waals surface area contributed by atoms with Gasteiger partial charge in [0.2, 0.25) is 0 Å². The first-order chi connectivity index (χ1) is 7.14. The van der Waals surface area contributed by atoms with Crippen LogP contribution in [-0.4, -0.2) is 26.5 Å². The molecule has 0 radical (unpaired) electrons. The summed E-state index contributed by atoms with van der Waals surface area (Å²) in [7, 11) is -2.93. The third kappa shape index (κ3) is 4.95. The first-order valence-electron chi connectivity index (χ1n) is 5.08. The Kier molecular flexibility index (Phi) is 4.78. The summed E-state index contributed by atoms with van der Waals surface area (Å²) in [4.78, 5) is 0. The van der Waals surface area contributed by atoms with E-state index in [4.69, 9.17) is 5.73 Å². The van der Waals surface area contributed by atoms with Gasteiger partial charge in [0.1, 0.15) is 0 Å². The lowest BCUT2D eigenvalue weighted by molar-refractivity contribution is 0.593. The van der Waals surface area contributed by atoms with E-state index in [2.05, 4.69) is 0 Å². The van der Waals surface area contributed by atoms with Crippen molar-refractivity contribution in [2.75, 3.05) is 18.1 Å². The van der Waals surface area contributed by atoms with Crippen LogP contribution < -0.4 is 5.73 Å². The molecule has 0 aliphatic heterocycles. The molecule has 1 aromatic rings. The monoisotopic (exact) mass is 227 g/mol. The van der Waals surface area contributed by atoms with Gasteiger partial charge in [0.05, 0.1) is 11.5 Å². The number of hydrogen-bond donors (Lipinski definition) is 1. The minimum atomic E-state index is -2.93. The molecule has 4 heteroatoms. The molecule has 0 atom stereocenters. The summed E-state index contributed by atoms with van der Waals surface area (Å²) < 4.78 is 22.7. The average molecular weight is 227 g/mol. The van der Waals surface area contributed by atoms with Gasteiger partial charge < -0.3 is 5.73 Å². The molecular formula is C11H17NO2S. The summed E-state index contributed by atoms with van der Waals surface area (Å²) in [6.07, 6.45) is 1.48. The van der Waals surface area contributed by atoms with Crippen LogP contribution in [0.15, 0.2) is 30.3 Å². The zero-order valence-corrected chi connectivity index (χ0v) is 9.54. The minimum absolute atomic E-state index is 0.0990. The van der Waals surface area contributed by atoms with E-state index in [1.54, 1.807) is 0 Å². The van der Waals surface area contributed by atoms with Crippen LogP contribution in [0.25, 0.3) is 0 Å². The molecule has 15 heavy (non-hydrogen) atoms. The van der Waals surface area contributed by atoms with Crippen molar-refractivity contribution in [2.24, 2.45) is 5.73 Å². The van der Waals surface area contributed by atoms with E-state index in [9.17, 15) is 8.42 Å². The molecule has 0 bridgehead atoms. The standard InChI is InChI=1S/C11H17NO2S/c12-8-10-15(13,14)9-4-7-11-5-2-1-3-6-11/h1-3,5-6H,4,7-10,12H2. The largest absolute Gasteiger partial charge is 0.329 e. The van der Waals surface area contributed by atoms with Gasteiger partial charge in [0.25, 0.3) is 0 Å². The van der Waals surface area contributed by atoms with E-state index in [0.717, 1.165) is 6.42 Å². The maximum Gasteiger partial charge on any atom is 0.151 e. The van der Waals surface area contributed by atoms with Gasteiger partial charge in [0.15, 0.2) is 9.84 Å². The summed E-state index contributed by atoms with van der Waals surface area (Å²) in [5, 5.41) is 0. The number of benzene rings is 1. The Morgan fingerprint density at radius 1 is 1.07 bits per heavy atom. The third-order valence-corrected chi connectivity index (χ3v) is 3.96. The van der Waals surface area contributed by atoms with Crippen LogP contribution in [0, 0.1) is 0 Å². The summed E-state index contributed by atoms with van der Waals surface area (Å²) >= 11 is 0. The molecule has 1 rings (SSSR count). The third-order valence-electron chi connectivity index (χ3n) is 2.19. The second-order valence-corrected chi connectivity index (χ2v) is 5.83. The molecule has 0 saturated carbocycles. The maximum atomic E-state index is 11.3. The number of rotatable bonds is 6. The number of nitrogens with two attached hydrogens (primary N) is 1. The summed E-state index contributed by atoms with van der Waals surface area (Å²) in [5.41, 5.74) is 6.40. The van der Waals surface area contributed by atoms with E-state index in [-0.39, 0.29) is 18.1 Å². The predicted molar refractivity (Wildman–Crippen MR) is 62.5 cm³/mol. The second kappa shape index (κ2) is 5.88. The number of hydrogen-bond acceptors (Lipinski definition) is 3. The highest BCUT2D eigenvalue weighted by Crippen LogP contribution is 2.04. The molecule has 0 saturated heterocycles. The topological polar surface area (TPSA) is 60.2 Å². The molecule has 0 aliphatic carbocycles. The molecule has 2 N–H and O–H groups in total. The van der Waals surface area contributed by atoms with Crippen molar-refractivity contribution in [3.8, 4) is 0 Å². The number of sulfone groups is 1. The molecule has 1 aromatic carbocycles. The maximum absolute atomic E-state index is 11.3. The van der Waals surface area contributed by atoms with Crippen LogP contribution in [0.3, 0.4) is 0 Å². The Hall–Kier alpha value is -0.870. The van der Waals surface area contributed by atoms with Crippen molar-refractivity contribution >= 4 is 9.84 Å². The van der Waals surface area contributed by atoms with Gasteiger partial charge in [-0.2, -0.15) is 0 Å². The van der Waals surface area contributed by atoms with E-state index in [1.807, 2.05) is 30.3 Å². The van der Waals surface area contributed by atoms with Crippen molar-refractivity contribution in [1.29, 1.82) is 0 Å². The van der Waals surface area contributed by atoms with E-state index >= 15 is 0 Å². The SMILES string of the molecule is NCCS(=O)(=O)CCCc1ccccc1. The zero-order valence-electron chi connectivity index (χ0n) is 8.72. The van der Waals surface area contributed by atoms with Gasteiger partial charge >= 0.3 is 0 Å². The molecule has 0 amide bonds. The Bertz CT molecular complexity index is 373. The van der Waals surface area contributed by atoms with Gasteiger partial charge in [-0.1, -0.05) is 30.3 Å². The second-order valence-electron chi connectivity index (χ2n) is 3.53. The van der Waals surface area contributed by atoms with Gasteiger partial charge in [-0.05, 0) is 18.4 Å². The smallest absolute Gasteiger partial charge is 0.151 e. The van der Waals surface area contributed by atoms with Crippen molar-refractivity contribution in [2.45, 2.75) is 12.8 Å². The van der Waals surface area contributed by atoms with E-state index in [0.29, 0.717) is 6.42 Å². The van der Waals surface area contributed by atoms with Crippen molar-refractivity contribution in [3.05, 3.63) is 35.9 Å². The highest BCUT2D eigenvalue weighted by molar-refractivity contribution is 7.91. The van der Waals surface area contributed by atoms with Crippen LogP contribution in [0.2, 0.25) is 0 Å². The van der Waals surface area contributed by atoms with Gasteiger partial charge in [0, 0.05) is 6.54 Å². The lowest BCUT2D eigenvalue weighted by atomic mass is 10.1. The molecule has 0 unspecified atom stereocenters. The van der Waals surface area contributed by atoms with Crippen LogP contribution >= 0.6 is 0 Å². The Morgan fingerprint density at radius 2 is 1.73 bits per heavy atom. The van der Waals surface area contributed by atoms with Gasteiger partial charge in [-0.15, -0.1) is 0 Å². The Labute approximate surface area is 91.2 Å². The predicted octanol–water partition coefficient (Wildman–Crippen LogP) is 0.993. The number of aryl methyl sites for hydroxylation is 1. The van der Waals surface area contributed by atoms with E-state index < -0.39 is 9.84 Å². The minimum Gasteiger partial charge on any atom is -0.329 e. The van der Waals surface area contributed by atoms with Crippen molar-refractivity contribution < 1.29 is 8.42 Å². The molecule has 0 spiro atoms. The highest BCUT2D eigenvalue weighted by Gasteiger charge is 2.08. The summed E-state index contributed by atoms with van der Waals surface area (Å²) in [6, 6.07) is 9.90. The summed E-state index contributed by atoms with van der Waals surface area (Å²) in [5.74, 6) is 0.334. The van der Waals surface area contributed by atoms with Gasteiger partial charge in [-0.3, -0.25) is 0 Å². The molecule has 0 aromatic heterocycles. The molecule has 0 heterocycles. The highest BCUT2D eigenvalue weighted by atomic mass is 32.2. The molecule has 0 fully saturated rings. The van der Waals surface area contributed by atoms with Crippen LogP contribution in [0.4, 0.5) is 0 Å². The fourth-order valence-corrected chi connectivity index (χ4v) is 2.57. The summed E-state index contributed by atoms with van der Waals surface area (Å²) in [6.45, 7) is 0.216. The van der Waals surface area contributed by atoms with Crippen LogP contribution in [0.1, 0.15) is 12.0 Å². The van der Waals surface area contributed by atoms with Crippen molar-refractivity contribution in [3.63, 3.8) is 0 Å². The zero-order chi connectivity index (χ0) is 11.1. The normalized spacial score (nSPS) is 11.5. The Balaban J connectivity index is 2.34. The molecule has 3 nitrogen and oxygen atoms in total. The first-order valence-corrected chi connectivity index (χ1v) is 6.90. The molecule has 84 valence electrons. The fraction of sp³-hybridized carbons (Fsp3) is 0.455. The quantitative estimate of drug-likeness (QED) is 0.788.